The Morgan fingerprint density at radius 1 is 1.33 bits per heavy atom. The predicted octanol–water partition coefficient (Wildman–Crippen LogP) is 2.20. The summed E-state index contributed by atoms with van der Waals surface area (Å²) in [5.74, 6) is 0. The van der Waals surface area contributed by atoms with Gasteiger partial charge in [0, 0.05) is 12.5 Å². The first-order valence-corrected chi connectivity index (χ1v) is 8.32. The van der Waals surface area contributed by atoms with Gasteiger partial charge < -0.3 is 0 Å². The van der Waals surface area contributed by atoms with Crippen molar-refractivity contribution >= 4 is 32.2 Å². The van der Waals surface area contributed by atoms with Crippen molar-refractivity contribution in [1.82, 2.24) is 10.2 Å². The first kappa shape index (κ1) is 15.3. The van der Waals surface area contributed by atoms with E-state index in [4.69, 9.17) is 0 Å². The van der Waals surface area contributed by atoms with Crippen LogP contribution in [0.25, 0.3) is 0 Å². The molecule has 0 fully saturated rings. The monoisotopic (exact) mass is 328 g/mol. The maximum Gasteiger partial charge on any atom is 0.289 e. The van der Waals surface area contributed by atoms with E-state index in [1.165, 1.54) is 18.2 Å². The molecular formula is C11H12N4O4S2. The fourth-order valence-corrected chi connectivity index (χ4v) is 3.86. The van der Waals surface area contributed by atoms with E-state index in [0.29, 0.717) is 11.4 Å². The van der Waals surface area contributed by atoms with Crippen molar-refractivity contribution in [2.45, 2.75) is 24.7 Å². The Bertz CT molecular complexity index is 757. The summed E-state index contributed by atoms with van der Waals surface area (Å²) in [6, 6.07) is 5.14. The van der Waals surface area contributed by atoms with Crippen molar-refractivity contribution in [2.24, 2.45) is 0 Å². The summed E-state index contributed by atoms with van der Waals surface area (Å²) in [4.78, 5) is 9.76. The molecule has 10 heteroatoms. The highest BCUT2D eigenvalue weighted by Gasteiger charge is 2.26. The Morgan fingerprint density at radius 2 is 2.05 bits per heavy atom. The van der Waals surface area contributed by atoms with Crippen LogP contribution in [0, 0.1) is 10.1 Å². The SMILES string of the molecule is CCCc1nnc(NS(=O)(=O)c2ccccc2[N+](=O)[O-])s1. The molecule has 0 unspecified atom stereocenters. The highest BCUT2D eigenvalue weighted by molar-refractivity contribution is 7.93. The van der Waals surface area contributed by atoms with Gasteiger partial charge in [-0.3, -0.25) is 14.8 Å². The minimum absolute atomic E-state index is 0.0941. The number of aryl methyl sites for hydroxylation is 1. The predicted molar refractivity (Wildman–Crippen MR) is 77.8 cm³/mol. The molecule has 0 saturated carbocycles. The van der Waals surface area contributed by atoms with Crippen LogP contribution in [0.2, 0.25) is 0 Å². The van der Waals surface area contributed by atoms with Crippen LogP contribution in [0.3, 0.4) is 0 Å². The number of rotatable bonds is 6. The maximum absolute atomic E-state index is 12.2. The fourth-order valence-electron chi connectivity index (χ4n) is 1.61. The van der Waals surface area contributed by atoms with Crippen molar-refractivity contribution in [2.75, 3.05) is 4.72 Å². The zero-order chi connectivity index (χ0) is 15.5. The van der Waals surface area contributed by atoms with Crippen molar-refractivity contribution < 1.29 is 13.3 Å². The Hall–Kier alpha value is -2.07. The van der Waals surface area contributed by atoms with E-state index in [1.54, 1.807) is 0 Å². The summed E-state index contributed by atoms with van der Waals surface area (Å²) in [5.41, 5.74) is -0.483. The van der Waals surface area contributed by atoms with E-state index in [0.717, 1.165) is 23.8 Å². The Labute approximate surface area is 125 Å². The van der Waals surface area contributed by atoms with Gasteiger partial charge in [-0.05, 0) is 12.5 Å². The molecular weight excluding hydrogens is 316 g/mol. The van der Waals surface area contributed by atoms with Gasteiger partial charge in [-0.15, -0.1) is 10.2 Å². The molecule has 0 aliphatic rings. The van der Waals surface area contributed by atoms with Gasteiger partial charge in [-0.25, -0.2) is 8.42 Å². The molecule has 0 aliphatic carbocycles. The van der Waals surface area contributed by atoms with Crippen LogP contribution >= 0.6 is 11.3 Å². The Kier molecular flexibility index (Phi) is 4.48. The van der Waals surface area contributed by atoms with Gasteiger partial charge in [0.25, 0.3) is 15.7 Å². The van der Waals surface area contributed by atoms with E-state index >= 15 is 0 Å². The average molecular weight is 328 g/mol. The summed E-state index contributed by atoms with van der Waals surface area (Å²) in [6.45, 7) is 1.97. The molecule has 0 spiro atoms. The summed E-state index contributed by atoms with van der Waals surface area (Å²) in [7, 11) is -4.07. The topological polar surface area (TPSA) is 115 Å². The van der Waals surface area contributed by atoms with Gasteiger partial charge in [-0.1, -0.05) is 30.4 Å². The summed E-state index contributed by atoms with van der Waals surface area (Å²) >= 11 is 1.11. The van der Waals surface area contributed by atoms with Crippen LogP contribution in [-0.2, 0) is 16.4 Å². The number of benzene rings is 1. The summed E-state index contributed by atoms with van der Waals surface area (Å²) in [5, 5.41) is 19.3. The van der Waals surface area contributed by atoms with Gasteiger partial charge in [0.05, 0.1) is 4.92 Å². The van der Waals surface area contributed by atoms with Crippen LogP contribution in [0.5, 0.6) is 0 Å². The maximum atomic E-state index is 12.2. The smallest absolute Gasteiger partial charge is 0.258 e. The molecule has 0 atom stereocenters. The number of hydrogen-bond acceptors (Lipinski definition) is 7. The molecule has 2 aromatic rings. The lowest BCUT2D eigenvalue weighted by Crippen LogP contribution is -2.14. The summed E-state index contributed by atoms with van der Waals surface area (Å²) < 4.78 is 26.7. The van der Waals surface area contributed by atoms with Crippen LogP contribution in [-0.4, -0.2) is 23.5 Å². The van der Waals surface area contributed by atoms with E-state index in [2.05, 4.69) is 14.9 Å². The van der Waals surface area contributed by atoms with E-state index in [-0.39, 0.29) is 5.13 Å². The number of nitro groups is 1. The minimum Gasteiger partial charge on any atom is -0.258 e. The van der Waals surface area contributed by atoms with Crippen LogP contribution in [0.1, 0.15) is 18.4 Å². The molecule has 0 saturated heterocycles. The van der Waals surface area contributed by atoms with Crippen LogP contribution < -0.4 is 4.72 Å². The first-order chi connectivity index (χ1) is 9.94. The second-order valence-corrected chi connectivity index (χ2v) is 6.79. The largest absolute Gasteiger partial charge is 0.289 e. The molecule has 0 radical (unpaired) electrons. The number of para-hydroxylation sites is 1. The van der Waals surface area contributed by atoms with Gasteiger partial charge in [0.15, 0.2) is 4.90 Å². The lowest BCUT2D eigenvalue weighted by molar-refractivity contribution is -0.387. The number of hydrogen-bond donors (Lipinski definition) is 1. The van der Waals surface area contributed by atoms with E-state index < -0.39 is 25.5 Å². The quantitative estimate of drug-likeness (QED) is 0.642. The number of sulfonamides is 1. The zero-order valence-corrected chi connectivity index (χ0v) is 12.6. The normalized spacial score (nSPS) is 11.3. The lowest BCUT2D eigenvalue weighted by atomic mass is 10.3. The molecule has 0 amide bonds. The molecule has 1 aromatic heterocycles. The van der Waals surface area contributed by atoms with E-state index in [1.807, 2.05) is 6.92 Å². The van der Waals surface area contributed by atoms with Crippen molar-refractivity contribution in [3.63, 3.8) is 0 Å². The van der Waals surface area contributed by atoms with Crippen molar-refractivity contribution in [3.05, 3.63) is 39.4 Å². The Balaban J connectivity index is 2.32. The molecule has 2 rings (SSSR count). The summed E-state index contributed by atoms with van der Waals surface area (Å²) in [6.07, 6.45) is 1.57. The van der Waals surface area contributed by atoms with E-state index in [9.17, 15) is 18.5 Å². The average Bonchev–Trinajstić information content (AvgIpc) is 2.86. The van der Waals surface area contributed by atoms with Crippen LogP contribution in [0.15, 0.2) is 29.2 Å². The van der Waals surface area contributed by atoms with Gasteiger partial charge in [-0.2, -0.15) is 0 Å². The molecule has 1 heterocycles. The third-order valence-corrected chi connectivity index (χ3v) is 4.92. The van der Waals surface area contributed by atoms with Crippen molar-refractivity contribution in [1.29, 1.82) is 0 Å². The molecule has 112 valence electrons. The molecule has 0 bridgehead atoms. The number of aromatic nitrogens is 2. The molecule has 1 aromatic carbocycles. The minimum atomic E-state index is -4.07. The molecule has 1 N–H and O–H groups in total. The highest BCUT2D eigenvalue weighted by Crippen LogP contribution is 2.26. The number of nitrogens with one attached hydrogen (secondary N) is 1. The third-order valence-electron chi connectivity index (χ3n) is 2.50. The number of nitro benzene ring substituents is 1. The van der Waals surface area contributed by atoms with Gasteiger partial charge >= 0.3 is 0 Å². The second kappa shape index (κ2) is 6.14. The molecule has 21 heavy (non-hydrogen) atoms. The second-order valence-electron chi connectivity index (χ2n) is 4.08. The number of anilines is 1. The zero-order valence-electron chi connectivity index (χ0n) is 11.0. The van der Waals surface area contributed by atoms with Gasteiger partial charge in [0.2, 0.25) is 5.13 Å². The van der Waals surface area contributed by atoms with Crippen LogP contribution in [0.4, 0.5) is 10.8 Å². The van der Waals surface area contributed by atoms with Gasteiger partial charge in [0.1, 0.15) is 5.01 Å². The highest BCUT2D eigenvalue weighted by atomic mass is 32.2. The fraction of sp³-hybridized carbons (Fsp3) is 0.273. The van der Waals surface area contributed by atoms with Crippen molar-refractivity contribution in [3.8, 4) is 0 Å². The lowest BCUT2D eigenvalue weighted by Gasteiger charge is -2.04. The first-order valence-electron chi connectivity index (χ1n) is 6.02. The molecule has 8 nitrogen and oxygen atoms in total. The third kappa shape index (κ3) is 3.52. The standard InChI is InChI=1S/C11H12N4O4S2/c1-2-5-10-12-13-11(20-10)14-21(18,19)9-7-4-3-6-8(9)15(16)17/h3-4,6-7H,2,5H2,1H3,(H,13,14). The Morgan fingerprint density at radius 3 is 2.71 bits per heavy atom. The number of nitrogens with zero attached hydrogens (tertiary/aromatic N) is 3. The molecule has 0 aliphatic heterocycles.